The maximum atomic E-state index is 14.1. The topological polar surface area (TPSA) is 87.7 Å². The molecule has 2 aromatic carbocycles. The maximum absolute atomic E-state index is 14.1. The fourth-order valence-corrected chi connectivity index (χ4v) is 4.33. The number of alkyl carbamates (subject to hydrolysis) is 1. The molecule has 204 valence electrons. The second kappa shape index (κ2) is 13.3. The Balaban J connectivity index is 2.58. The first-order valence-electron chi connectivity index (χ1n) is 12.8. The fraction of sp³-hybridized carbons (Fsp3) is 0.433. The Morgan fingerprint density at radius 3 is 2.32 bits per heavy atom. The van der Waals surface area contributed by atoms with Crippen molar-refractivity contribution >= 4 is 35.2 Å². The summed E-state index contributed by atoms with van der Waals surface area (Å²) >= 11 is 6.39. The quantitative estimate of drug-likeness (QED) is 0.377. The van der Waals surface area contributed by atoms with E-state index in [4.69, 9.17) is 22.8 Å². The Kier molecular flexibility index (Phi) is 10.8. The first-order valence-corrected chi connectivity index (χ1v) is 13.1. The van der Waals surface area contributed by atoms with Gasteiger partial charge in [0.1, 0.15) is 17.7 Å². The predicted molar refractivity (Wildman–Crippen MR) is 152 cm³/mol. The molecule has 3 atom stereocenters. The minimum atomic E-state index is -1.08. The van der Waals surface area contributed by atoms with E-state index in [1.165, 1.54) is 4.90 Å². The summed E-state index contributed by atoms with van der Waals surface area (Å²) in [6, 6.07) is 10.3. The van der Waals surface area contributed by atoms with Crippen molar-refractivity contribution in [2.24, 2.45) is 5.92 Å². The largest absolute Gasteiger partial charge is 0.444 e. The van der Waals surface area contributed by atoms with Crippen LogP contribution in [0.15, 0.2) is 42.5 Å². The van der Waals surface area contributed by atoms with Gasteiger partial charge in [0.2, 0.25) is 5.91 Å². The van der Waals surface area contributed by atoms with E-state index in [9.17, 15) is 14.4 Å². The first kappa shape index (κ1) is 30.7. The zero-order chi connectivity index (χ0) is 28.6. The van der Waals surface area contributed by atoms with Crippen molar-refractivity contribution < 1.29 is 19.1 Å². The third-order valence-corrected chi connectivity index (χ3v) is 6.53. The molecule has 2 N–H and O–H groups in total. The number of rotatable bonds is 9. The summed E-state index contributed by atoms with van der Waals surface area (Å²) in [5, 5.41) is 6.02. The lowest BCUT2D eigenvalue weighted by molar-refractivity contribution is -0.141. The van der Waals surface area contributed by atoms with E-state index in [1.54, 1.807) is 64.1 Å². The van der Waals surface area contributed by atoms with Crippen LogP contribution in [0.5, 0.6) is 0 Å². The molecule has 0 radical (unpaired) electrons. The van der Waals surface area contributed by atoms with Gasteiger partial charge in [-0.15, -0.1) is 6.42 Å². The van der Waals surface area contributed by atoms with Gasteiger partial charge >= 0.3 is 6.09 Å². The van der Waals surface area contributed by atoms with E-state index >= 15 is 0 Å². The van der Waals surface area contributed by atoms with Gasteiger partial charge in [-0.1, -0.05) is 68.1 Å². The number of hydrogen-bond donors (Lipinski definition) is 2. The van der Waals surface area contributed by atoms with Crippen LogP contribution in [0.3, 0.4) is 0 Å². The van der Waals surface area contributed by atoms with Crippen molar-refractivity contribution in [3.05, 3.63) is 64.2 Å². The summed E-state index contributed by atoms with van der Waals surface area (Å²) in [6.07, 6.45) is 5.69. The Bertz CT molecular complexity index is 1180. The van der Waals surface area contributed by atoms with Crippen molar-refractivity contribution in [1.29, 1.82) is 0 Å². The molecule has 0 aliphatic carbocycles. The van der Waals surface area contributed by atoms with Gasteiger partial charge in [-0.2, -0.15) is 0 Å². The van der Waals surface area contributed by atoms with E-state index in [-0.39, 0.29) is 12.5 Å². The lowest BCUT2D eigenvalue weighted by Gasteiger charge is -2.35. The zero-order valence-electron chi connectivity index (χ0n) is 23.2. The highest BCUT2D eigenvalue weighted by molar-refractivity contribution is 6.34. The molecule has 0 fully saturated rings. The minimum Gasteiger partial charge on any atom is -0.444 e. The van der Waals surface area contributed by atoms with Crippen LogP contribution in [-0.2, 0) is 14.3 Å². The molecule has 2 aromatic rings. The number of carbonyl (C=O) groups is 3. The molecule has 7 nitrogen and oxygen atoms in total. The first-order chi connectivity index (χ1) is 17.8. The normalized spacial score (nSPS) is 13.4. The molecule has 0 saturated carbocycles. The van der Waals surface area contributed by atoms with Gasteiger partial charge in [0.05, 0.1) is 10.7 Å². The molecule has 0 heterocycles. The molecule has 2 rings (SSSR count). The van der Waals surface area contributed by atoms with Crippen LogP contribution < -0.4 is 10.6 Å². The van der Waals surface area contributed by atoms with Gasteiger partial charge in [-0.3, -0.25) is 9.59 Å². The third-order valence-electron chi connectivity index (χ3n) is 6.22. The Hall–Kier alpha value is -3.50. The van der Waals surface area contributed by atoms with Crippen LogP contribution in [-0.4, -0.2) is 41.0 Å². The Morgan fingerprint density at radius 2 is 1.76 bits per heavy atom. The molecule has 38 heavy (non-hydrogen) atoms. The molecule has 3 unspecified atom stereocenters. The standard InChI is InChI=1S/C30H38ClN3O4/c1-9-19(4)25(33-29(37)38-30(6,7)8)28(36)34(11-3)26(22-17-13-12-16-21(22)10-2)27(35)32-24-20(5)15-14-18-23(24)31/h2,12-19,25-26H,9,11H2,1,3-8H3,(H,32,35)(H,33,37). The second-order valence-corrected chi connectivity index (χ2v) is 10.6. The molecule has 3 amide bonds. The maximum Gasteiger partial charge on any atom is 0.408 e. The molecule has 0 bridgehead atoms. The summed E-state index contributed by atoms with van der Waals surface area (Å²) in [6.45, 7) is 12.8. The van der Waals surface area contributed by atoms with Gasteiger partial charge in [0, 0.05) is 12.1 Å². The van der Waals surface area contributed by atoms with Crippen LogP contribution in [0, 0.1) is 25.2 Å². The van der Waals surface area contributed by atoms with E-state index in [1.807, 2.05) is 26.8 Å². The summed E-state index contributed by atoms with van der Waals surface area (Å²) < 4.78 is 5.42. The molecule has 0 saturated heterocycles. The number of anilines is 1. The van der Waals surface area contributed by atoms with Crippen LogP contribution in [0.25, 0.3) is 0 Å². The summed E-state index contributed by atoms with van der Waals surface area (Å²) in [4.78, 5) is 42.1. The lowest BCUT2D eigenvalue weighted by Crippen LogP contribution is -2.54. The number of ether oxygens (including phenoxy) is 1. The number of halogens is 1. The monoisotopic (exact) mass is 539 g/mol. The van der Waals surface area contributed by atoms with E-state index in [0.29, 0.717) is 28.3 Å². The molecule has 8 heteroatoms. The summed E-state index contributed by atoms with van der Waals surface area (Å²) in [7, 11) is 0. The van der Waals surface area contributed by atoms with Crippen LogP contribution in [0.2, 0.25) is 5.02 Å². The number of aryl methyl sites for hydroxylation is 1. The third kappa shape index (κ3) is 7.75. The SMILES string of the molecule is C#Cc1ccccc1C(C(=O)Nc1c(C)cccc1Cl)N(CC)C(=O)C(NC(=O)OC(C)(C)C)C(C)CC. The van der Waals surface area contributed by atoms with E-state index in [0.717, 1.165) is 5.56 Å². The van der Waals surface area contributed by atoms with Crippen LogP contribution in [0.4, 0.5) is 10.5 Å². The van der Waals surface area contributed by atoms with Gasteiger partial charge in [0.25, 0.3) is 5.91 Å². The number of nitrogens with zero attached hydrogens (tertiary/aromatic N) is 1. The van der Waals surface area contributed by atoms with Crippen LogP contribution >= 0.6 is 11.6 Å². The number of hydrogen-bond acceptors (Lipinski definition) is 4. The predicted octanol–water partition coefficient (Wildman–Crippen LogP) is 6.10. The van der Waals surface area contributed by atoms with E-state index in [2.05, 4.69) is 16.6 Å². The number of amides is 3. The van der Waals surface area contributed by atoms with Crippen molar-refractivity contribution in [1.82, 2.24) is 10.2 Å². The van der Waals surface area contributed by atoms with Gasteiger partial charge < -0.3 is 20.3 Å². The molecule has 0 spiro atoms. The Labute approximate surface area is 231 Å². The van der Waals surface area contributed by atoms with Crippen molar-refractivity contribution in [2.75, 3.05) is 11.9 Å². The number of nitrogens with one attached hydrogen (secondary N) is 2. The fourth-order valence-electron chi connectivity index (χ4n) is 4.06. The number of likely N-dealkylation sites (N-methyl/N-ethyl adjacent to an activating group) is 1. The van der Waals surface area contributed by atoms with Gasteiger partial charge in [-0.25, -0.2) is 4.79 Å². The molecule has 0 aliphatic rings. The molecular weight excluding hydrogens is 502 g/mol. The number of para-hydroxylation sites is 1. The smallest absolute Gasteiger partial charge is 0.408 e. The van der Waals surface area contributed by atoms with Crippen LogP contribution in [0.1, 0.15) is 70.7 Å². The van der Waals surface area contributed by atoms with Crippen molar-refractivity contribution in [3.8, 4) is 12.3 Å². The molecule has 0 aliphatic heterocycles. The average molecular weight is 540 g/mol. The Morgan fingerprint density at radius 1 is 1.11 bits per heavy atom. The lowest BCUT2D eigenvalue weighted by atomic mass is 9.94. The van der Waals surface area contributed by atoms with Crippen molar-refractivity contribution in [3.63, 3.8) is 0 Å². The van der Waals surface area contributed by atoms with Gasteiger partial charge in [0.15, 0.2) is 0 Å². The highest BCUT2D eigenvalue weighted by Gasteiger charge is 2.38. The summed E-state index contributed by atoms with van der Waals surface area (Å²) in [5.74, 6) is 1.49. The second-order valence-electron chi connectivity index (χ2n) is 10.2. The highest BCUT2D eigenvalue weighted by atomic mass is 35.5. The zero-order valence-corrected chi connectivity index (χ0v) is 24.0. The molecular formula is C30H38ClN3O4. The number of carbonyl (C=O) groups excluding carboxylic acids is 3. The molecule has 0 aromatic heterocycles. The number of terminal acetylenes is 1. The summed E-state index contributed by atoms with van der Waals surface area (Å²) in [5.41, 5.74) is 1.46. The van der Waals surface area contributed by atoms with E-state index < -0.39 is 35.6 Å². The van der Waals surface area contributed by atoms with Gasteiger partial charge in [-0.05, 0) is 63.8 Å². The average Bonchev–Trinajstić information content (AvgIpc) is 2.86. The number of benzene rings is 2. The highest BCUT2D eigenvalue weighted by Crippen LogP contribution is 2.31. The minimum absolute atomic E-state index is 0.181. The van der Waals surface area contributed by atoms with Crippen molar-refractivity contribution in [2.45, 2.75) is 72.6 Å².